The van der Waals surface area contributed by atoms with E-state index in [1.165, 1.54) is 12.1 Å². The van der Waals surface area contributed by atoms with Crippen molar-refractivity contribution >= 4 is 17.2 Å². The smallest absolute Gasteiger partial charge is 0.139 e. The SMILES string of the molecule is N#CCc1c(-c2ccc(F)cc2)nc2cc(Cl)ccn12. The van der Waals surface area contributed by atoms with Crippen molar-refractivity contribution in [2.45, 2.75) is 6.42 Å². The van der Waals surface area contributed by atoms with Crippen molar-refractivity contribution in [3.63, 3.8) is 0 Å². The van der Waals surface area contributed by atoms with Gasteiger partial charge in [0.1, 0.15) is 11.5 Å². The second-order valence-electron chi connectivity index (χ2n) is 4.32. The number of fused-ring (bicyclic) bond motifs is 1. The van der Waals surface area contributed by atoms with Crippen molar-refractivity contribution in [3.8, 4) is 17.3 Å². The van der Waals surface area contributed by atoms with E-state index < -0.39 is 0 Å². The highest BCUT2D eigenvalue weighted by Gasteiger charge is 2.14. The van der Waals surface area contributed by atoms with Gasteiger partial charge >= 0.3 is 0 Å². The molecule has 0 radical (unpaired) electrons. The minimum atomic E-state index is -0.303. The fourth-order valence-electron chi connectivity index (χ4n) is 2.15. The fourth-order valence-corrected chi connectivity index (χ4v) is 2.31. The van der Waals surface area contributed by atoms with Gasteiger partial charge in [-0.05, 0) is 30.3 Å². The Hall–Kier alpha value is -2.38. The number of rotatable bonds is 2. The monoisotopic (exact) mass is 285 g/mol. The zero-order chi connectivity index (χ0) is 14.1. The van der Waals surface area contributed by atoms with Gasteiger partial charge in [-0.3, -0.25) is 0 Å². The van der Waals surface area contributed by atoms with Crippen molar-refractivity contribution in [1.29, 1.82) is 5.26 Å². The quantitative estimate of drug-likeness (QED) is 0.717. The number of hydrogen-bond acceptors (Lipinski definition) is 2. The maximum atomic E-state index is 13.0. The summed E-state index contributed by atoms with van der Waals surface area (Å²) in [5.41, 5.74) is 2.89. The van der Waals surface area contributed by atoms with Gasteiger partial charge in [-0.15, -0.1) is 0 Å². The van der Waals surface area contributed by atoms with Crippen LogP contribution in [-0.4, -0.2) is 9.38 Å². The third-order valence-corrected chi connectivity index (χ3v) is 3.29. The van der Waals surface area contributed by atoms with Gasteiger partial charge in [0.2, 0.25) is 0 Å². The molecule has 2 heterocycles. The molecule has 0 N–H and O–H groups in total. The lowest BCUT2D eigenvalue weighted by atomic mass is 10.1. The number of hydrogen-bond donors (Lipinski definition) is 0. The van der Waals surface area contributed by atoms with E-state index in [2.05, 4.69) is 11.1 Å². The van der Waals surface area contributed by atoms with Gasteiger partial charge < -0.3 is 4.40 Å². The van der Waals surface area contributed by atoms with E-state index in [9.17, 15) is 4.39 Å². The Balaban J connectivity index is 2.26. The van der Waals surface area contributed by atoms with E-state index >= 15 is 0 Å². The van der Waals surface area contributed by atoms with Gasteiger partial charge in [0, 0.05) is 22.8 Å². The van der Waals surface area contributed by atoms with Crippen molar-refractivity contribution in [2.24, 2.45) is 0 Å². The molecule has 20 heavy (non-hydrogen) atoms. The first kappa shape index (κ1) is 12.6. The summed E-state index contributed by atoms with van der Waals surface area (Å²) < 4.78 is 14.8. The molecule has 0 aliphatic carbocycles. The Morgan fingerprint density at radius 3 is 2.70 bits per heavy atom. The molecular formula is C15H9ClFN3. The van der Waals surface area contributed by atoms with Crippen molar-refractivity contribution < 1.29 is 4.39 Å². The molecule has 0 fully saturated rings. The van der Waals surface area contributed by atoms with Gasteiger partial charge in [0.05, 0.1) is 23.9 Å². The molecule has 3 aromatic rings. The molecule has 5 heteroatoms. The molecule has 3 rings (SSSR count). The number of pyridine rings is 1. The van der Waals surface area contributed by atoms with Gasteiger partial charge in [0.15, 0.2) is 0 Å². The summed E-state index contributed by atoms with van der Waals surface area (Å²) in [5, 5.41) is 9.57. The predicted octanol–water partition coefficient (Wildman–Crippen LogP) is 3.86. The number of imidazole rings is 1. The van der Waals surface area contributed by atoms with E-state index in [4.69, 9.17) is 16.9 Å². The first-order chi connectivity index (χ1) is 9.69. The lowest BCUT2D eigenvalue weighted by molar-refractivity contribution is 0.628. The highest BCUT2D eigenvalue weighted by atomic mass is 35.5. The van der Waals surface area contributed by atoms with Crippen LogP contribution in [0.3, 0.4) is 0 Å². The summed E-state index contributed by atoms with van der Waals surface area (Å²) in [6, 6.07) is 11.7. The van der Waals surface area contributed by atoms with Crippen LogP contribution in [0.1, 0.15) is 5.69 Å². The van der Waals surface area contributed by atoms with Gasteiger partial charge in [-0.1, -0.05) is 11.6 Å². The molecule has 0 amide bonds. The van der Waals surface area contributed by atoms with Crippen molar-refractivity contribution in [1.82, 2.24) is 9.38 Å². The molecule has 0 spiro atoms. The third-order valence-electron chi connectivity index (χ3n) is 3.05. The Morgan fingerprint density at radius 2 is 2.00 bits per heavy atom. The molecule has 0 saturated heterocycles. The second-order valence-corrected chi connectivity index (χ2v) is 4.76. The van der Waals surface area contributed by atoms with Crippen LogP contribution in [-0.2, 0) is 6.42 Å². The van der Waals surface area contributed by atoms with E-state index in [1.807, 2.05) is 4.40 Å². The Morgan fingerprint density at radius 1 is 1.25 bits per heavy atom. The summed E-state index contributed by atoms with van der Waals surface area (Å²) in [4.78, 5) is 4.50. The van der Waals surface area contributed by atoms with Crippen LogP contribution in [0, 0.1) is 17.1 Å². The minimum Gasteiger partial charge on any atom is -0.302 e. The third kappa shape index (κ3) is 2.13. The highest BCUT2D eigenvalue weighted by molar-refractivity contribution is 6.30. The zero-order valence-corrected chi connectivity index (χ0v) is 11.1. The van der Waals surface area contributed by atoms with Crippen LogP contribution in [0.5, 0.6) is 0 Å². The largest absolute Gasteiger partial charge is 0.302 e. The molecule has 0 saturated carbocycles. The highest BCUT2D eigenvalue weighted by Crippen LogP contribution is 2.26. The standard InChI is InChI=1S/C15H9ClFN3/c16-11-6-8-20-13(5-7-18)15(19-14(20)9-11)10-1-3-12(17)4-2-10/h1-4,6,8-9H,5H2. The average Bonchev–Trinajstić information content (AvgIpc) is 2.78. The molecule has 0 aliphatic rings. The second kappa shape index (κ2) is 4.95. The van der Waals surface area contributed by atoms with Gasteiger partial charge in [0.25, 0.3) is 0 Å². The molecule has 0 bridgehead atoms. The van der Waals surface area contributed by atoms with Gasteiger partial charge in [-0.2, -0.15) is 5.26 Å². The lowest BCUT2D eigenvalue weighted by Gasteiger charge is -2.01. The number of nitrogens with zero attached hydrogens (tertiary/aromatic N) is 3. The summed E-state index contributed by atoms with van der Waals surface area (Å²) in [7, 11) is 0. The summed E-state index contributed by atoms with van der Waals surface area (Å²) in [6.45, 7) is 0. The van der Waals surface area contributed by atoms with Crippen LogP contribution in [0.15, 0.2) is 42.6 Å². The molecule has 0 aliphatic heterocycles. The maximum Gasteiger partial charge on any atom is 0.139 e. The lowest BCUT2D eigenvalue weighted by Crippen LogP contribution is -1.93. The number of aromatic nitrogens is 2. The Kier molecular flexibility index (Phi) is 3.13. The Bertz CT molecular complexity index is 815. The predicted molar refractivity (Wildman–Crippen MR) is 74.9 cm³/mol. The number of halogens is 2. The zero-order valence-electron chi connectivity index (χ0n) is 10.3. The average molecular weight is 286 g/mol. The number of benzene rings is 1. The van der Waals surface area contributed by atoms with E-state index in [0.29, 0.717) is 16.4 Å². The van der Waals surface area contributed by atoms with Crippen LogP contribution in [0.4, 0.5) is 4.39 Å². The van der Waals surface area contributed by atoms with Crippen LogP contribution >= 0.6 is 11.6 Å². The van der Waals surface area contributed by atoms with E-state index in [-0.39, 0.29) is 12.2 Å². The molecule has 98 valence electrons. The first-order valence-corrected chi connectivity index (χ1v) is 6.36. The summed E-state index contributed by atoms with van der Waals surface area (Å²) >= 11 is 5.96. The van der Waals surface area contributed by atoms with E-state index in [1.54, 1.807) is 30.5 Å². The molecule has 0 unspecified atom stereocenters. The van der Waals surface area contributed by atoms with Crippen LogP contribution in [0.2, 0.25) is 5.02 Å². The first-order valence-electron chi connectivity index (χ1n) is 5.98. The minimum absolute atomic E-state index is 0.218. The summed E-state index contributed by atoms with van der Waals surface area (Å²) in [6.07, 6.45) is 2.00. The molecular weight excluding hydrogens is 277 g/mol. The topological polar surface area (TPSA) is 41.1 Å². The van der Waals surface area contributed by atoms with Crippen molar-refractivity contribution in [3.05, 3.63) is 59.1 Å². The normalized spacial score (nSPS) is 10.7. The van der Waals surface area contributed by atoms with Gasteiger partial charge in [-0.25, -0.2) is 9.37 Å². The maximum absolute atomic E-state index is 13.0. The Labute approximate surface area is 119 Å². The van der Waals surface area contributed by atoms with Crippen molar-refractivity contribution in [2.75, 3.05) is 0 Å². The summed E-state index contributed by atoms with van der Waals surface area (Å²) in [5.74, 6) is -0.303. The molecule has 2 aromatic heterocycles. The number of nitriles is 1. The molecule has 3 nitrogen and oxygen atoms in total. The van der Waals surface area contributed by atoms with Crippen LogP contribution in [0.25, 0.3) is 16.9 Å². The van der Waals surface area contributed by atoms with E-state index in [0.717, 1.165) is 11.3 Å². The molecule has 0 atom stereocenters. The fraction of sp³-hybridized carbons (Fsp3) is 0.0667. The van der Waals surface area contributed by atoms with Crippen LogP contribution < -0.4 is 0 Å². The molecule has 1 aromatic carbocycles.